The average molecular weight is 607 g/mol. The van der Waals surface area contributed by atoms with Gasteiger partial charge in [0.2, 0.25) is 0 Å². The van der Waals surface area contributed by atoms with Gasteiger partial charge in [-0.2, -0.15) is 0 Å². The normalized spacial score (nSPS) is 11.8. The minimum atomic E-state index is -0.602. The van der Waals surface area contributed by atoms with Gasteiger partial charge in [0.25, 0.3) is 11.8 Å². The van der Waals surface area contributed by atoms with Crippen LogP contribution in [-0.2, 0) is 15.6 Å². The molecule has 0 aromatic heterocycles. The van der Waals surface area contributed by atoms with Crippen LogP contribution in [0.4, 0.5) is 0 Å². The number of aliphatic hydroxyl groups excluding tert-OH is 1. The molecule has 3 rings (SSSR count). The molecule has 0 aliphatic carbocycles. The maximum absolute atomic E-state index is 13.3. The quantitative estimate of drug-likeness (QED) is 0.120. The largest absolute Gasteiger partial charge is 0.493 e. The molecule has 240 valence electrons. The van der Waals surface area contributed by atoms with E-state index in [-0.39, 0.29) is 34.0 Å². The Balaban J connectivity index is 1.69. The van der Waals surface area contributed by atoms with Crippen LogP contribution in [0.25, 0.3) is 10.8 Å². The van der Waals surface area contributed by atoms with Crippen molar-refractivity contribution in [3.8, 4) is 11.5 Å². The van der Waals surface area contributed by atoms with Gasteiger partial charge in [-0.25, -0.2) is 0 Å². The van der Waals surface area contributed by atoms with E-state index in [4.69, 9.17) is 14.2 Å². The molecule has 0 bridgehead atoms. The average Bonchev–Trinajstić information content (AvgIpc) is 3.02. The van der Waals surface area contributed by atoms with E-state index in [1.165, 1.54) is 17.2 Å². The van der Waals surface area contributed by atoms with E-state index in [2.05, 4.69) is 70.4 Å². The fraction of sp³-hybridized carbons (Fsp3) is 0.500. The smallest absolute Gasteiger partial charge is 0.255 e. The lowest BCUT2D eigenvalue weighted by atomic mass is 9.76. The summed E-state index contributed by atoms with van der Waals surface area (Å²) in [7, 11) is 1.56. The van der Waals surface area contributed by atoms with Gasteiger partial charge in [0.15, 0.2) is 6.79 Å². The molecule has 0 aliphatic rings. The molecule has 0 unspecified atom stereocenters. The third-order valence-corrected chi connectivity index (χ3v) is 8.66. The summed E-state index contributed by atoms with van der Waals surface area (Å²) in [4.78, 5) is 26.4. The second-order valence-electron chi connectivity index (χ2n) is 12.4. The Kier molecular flexibility index (Phi) is 12.6. The Morgan fingerprint density at radius 2 is 1.43 bits per heavy atom. The van der Waals surface area contributed by atoms with Gasteiger partial charge in [-0.05, 0) is 59.6 Å². The molecule has 0 atom stereocenters. The first kappa shape index (κ1) is 34.9. The van der Waals surface area contributed by atoms with Crippen molar-refractivity contribution >= 4 is 22.6 Å². The standard InChI is InChI=1S/C36H50N2O6/c1-8-35(3,4)25-16-17-31(30(22-25)36(5,6)9-2)43-20-13-12-18-37-34(41)29-23-28(33(40)38-19-21-42-7)26-14-10-11-15-27(26)32(29)44-24-39/h10-11,14-17,22-23,39H,8-9,12-13,18-21,24H2,1-7H3,(H,37,41)(H,38,40). The van der Waals surface area contributed by atoms with E-state index in [1.807, 2.05) is 6.07 Å². The van der Waals surface area contributed by atoms with E-state index in [1.54, 1.807) is 25.3 Å². The highest BCUT2D eigenvalue weighted by molar-refractivity contribution is 6.13. The molecule has 0 aliphatic heterocycles. The highest BCUT2D eigenvalue weighted by Crippen LogP contribution is 2.38. The summed E-state index contributed by atoms with van der Waals surface area (Å²) in [6, 6.07) is 15.3. The highest BCUT2D eigenvalue weighted by Gasteiger charge is 2.27. The Morgan fingerprint density at radius 1 is 0.773 bits per heavy atom. The number of fused-ring (bicyclic) bond motifs is 1. The van der Waals surface area contributed by atoms with Gasteiger partial charge in [0.05, 0.1) is 18.8 Å². The van der Waals surface area contributed by atoms with Crippen LogP contribution in [0.3, 0.4) is 0 Å². The molecule has 44 heavy (non-hydrogen) atoms. The first-order chi connectivity index (χ1) is 21.0. The summed E-state index contributed by atoms with van der Waals surface area (Å²) in [6.45, 7) is 14.5. The van der Waals surface area contributed by atoms with Gasteiger partial charge in [-0.1, -0.05) is 77.9 Å². The Morgan fingerprint density at radius 3 is 2.09 bits per heavy atom. The molecule has 3 aromatic carbocycles. The van der Waals surface area contributed by atoms with E-state index < -0.39 is 6.79 Å². The Labute approximate surface area is 262 Å². The van der Waals surface area contributed by atoms with Crippen LogP contribution in [0.5, 0.6) is 11.5 Å². The topological polar surface area (TPSA) is 106 Å². The molecule has 3 aromatic rings. The van der Waals surface area contributed by atoms with Crippen molar-refractivity contribution in [3.63, 3.8) is 0 Å². The minimum Gasteiger partial charge on any atom is -0.493 e. The molecule has 0 spiro atoms. The Hall–Kier alpha value is -3.62. The van der Waals surface area contributed by atoms with Crippen LogP contribution in [0.15, 0.2) is 48.5 Å². The lowest BCUT2D eigenvalue weighted by Gasteiger charge is -2.30. The molecule has 0 heterocycles. The van der Waals surface area contributed by atoms with Gasteiger partial charge >= 0.3 is 0 Å². The summed E-state index contributed by atoms with van der Waals surface area (Å²) < 4.78 is 16.8. The summed E-state index contributed by atoms with van der Waals surface area (Å²) >= 11 is 0. The van der Waals surface area contributed by atoms with Crippen LogP contribution >= 0.6 is 0 Å². The van der Waals surface area contributed by atoms with E-state index in [0.717, 1.165) is 25.0 Å². The number of benzene rings is 3. The SMILES string of the molecule is CCC(C)(C)c1ccc(OCCCCNC(=O)c2cc(C(=O)NCCOC)c3ccccc3c2OCO)c(C(C)(C)CC)c1. The molecule has 0 radical (unpaired) electrons. The predicted molar refractivity (Wildman–Crippen MR) is 176 cm³/mol. The zero-order chi connectivity index (χ0) is 32.3. The summed E-state index contributed by atoms with van der Waals surface area (Å²) in [6.07, 6.45) is 3.51. The molecule has 0 saturated heterocycles. The maximum atomic E-state index is 13.3. The van der Waals surface area contributed by atoms with Crippen molar-refractivity contribution in [2.45, 2.75) is 78.1 Å². The minimum absolute atomic E-state index is 0.0170. The number of amides is 2. The molecular weight excluding hydrogens is 556 g/mol. The van der Waals surface area contributed by atoms with Crippen LogP contribution in [-0.4, -0.2) is 57.1 Å². The van der Waals surface area contributed by atoms with Crippen LogP contribution in [0.2, 0.25) is 0 Å². The number of aliphatic hydroxyl groups is 1. The number of hydrogen-bond acceptors (Lipinski definition) is 6. The number of nitrogens with one attached hydrogen (secondary N) is 2. The fourth-order valence-corrected chi connectivity index (χ4v) is 4.99. The molecule has 8 nitrogen and oxygen atoms in total. The molecule has 8 heteroatoms. The number of ether oxygens (including phenoxy) is 3. The molecule has 0 saturated carbocycles. The number of carbonyl (C=O) groups is 2. The number of hydrogen-bond donors (Lipinski definition) is 3. The monoisotopic (exact) mass is 606 g/mol. The van der Waals surface area contributed by atoms with E-state index in [9.17, 15) is 14.7 Å². The van der Waals surface area contributed by atoms with Crippen LogP contribution < -0.4 is 20.1 Å². The zero-order valence-corrected chi connectivity index (χ0v) is 27.5. The van der Waals surface area contributed by atoms with Gasteiger partial charge < -0.3 is 30.0 Å². The lowest BCUT2D eigenvalue weighted by Crippen LogP contribution is -2.29. The number of carbonyl (C=O) groups excluding carboxylic acids is 2. The molecular formula is C36H50N2O6. The first-order valence-electron chi connectivity index (χ1n) is 15.6. The third kappa shape index (κ3) is 8.51. The zero-order valence-electron chi connectivity index (χ0n) is 27.5. The van der Waals surface area contributed by atoms with Gasteiger partial charge in [0.1, 0.15) is 11.5 Å². The van der Waals surface area contributed by atoms with Crippen molar-refractivity contribution in [1.82, 2.24) is 10.6 Å². The second-order valence-corrected chi connectivity index (χ2v) is 12.4. The predicted octanol–water partition coefficient (Wildman–Crippen LogP) is 6.51. The van der Waals surface area contributed by atoms with Gasteiger partial charge in [-0.3, -0.25) is 9.59 Å². The van der Waals surface area contributed by atoms with E-state index >= 15 is 0 Å². The molecule has 3 N–H and O–H groups in total. The Bertz CT molecular complexity index is 1420. The van der Waals surface area contributed by atoms with Gasteiger partial charge in [0, 0.05) is 36.7 Å². The summed E-state index contributed by atoms with van der Waals surface area (Å²) in [5, 5.41) is 16.5. The third-order valence-electron chi connectivity index (χ3n) is 8.66. The van der Waals surface area contributed by atoms with Crippen molar-refractivity contribution in [3.05, 3.63) is 70.8 Å². The van der Waals surface area contributed by atoms with Crippen molar-refractivity contribution in [2.24, 2.45) is 0 Å². The first-order valence-corrected chi connectivity index (χ1v) is 15.6. The van der Waals surface area contributed by atoms with Crippen LogP contribution in [0.1, 0.15) is 99.1 Å². The molecule has 0 fully saturated rings. The van der Waals surface area contributed by atoms with Gasteiger partial charge in [-0.15, -0.1) is 0 Å². The van der Waals surface area contributed by atoms with Crippen molar-refractivity contribution in [2.75, 3.05) is 40.2 Å². The van der Waals surface area contributed by atoms with E-state index in [0.29, 0.717) is 49.1 Å². The van der Waals surface area contributed by atoms with Crippen molar-refractivity contribution in [1.29, 1.82) is 0 Å². The lowest BCUT2D eigenvalue weighted by molar-refractivity contribution is 0.0900. The second kappa shape index (κ2) is 15.9. The number of methoxy groups -OCH3 is 1. The number of rotatable bonds is 17. The molecule has 2 amide bonds. The number of unbranched alkanes of at least 4 members (excludes halogenated alkanes) is 1. The fourth-order valence-electron chi connectivity index (χ4n) is 4.99. The highest BCUT2D eigenvalue weighted by atomic mass is 16.6. The summed E-state index contributed by atoms with van der Waals surface area (Å²) in [5.74, 6) is 0.442. The summed E-state index contributed by atoms with van der Waals surface area (Å²) in [5.41, 5.74) is 3.16. The van der Waals surface area contributed by atoms with Crippen molar-refractivity contribution < 1.29 is 28.9 Å². The van der Waals surface area contributed by atoms with Crippen LogP contribution in [0, 0.1) is 0 Å². The maximum Gasteiger partial charge on any atom is 0.255 e.